The number of anilines is 2. The number of phenolic OH excluding ortho intramolecular Hbond substituents is 1. The van der Waals surface area contributed by atoms with E-state index in [1.807, 2.05) is 25.1 Å². The first kappa shape index (κ1) is 21.6. The molecule has 0 aliphatic carbocycles. The first-order chi connectivity index (χ1) is 14.9. The average Bonchev–Trinajstić information content (AvgIpc) is 2.74. The van der Waals surface area contributed by atoms with Crippen LogP contribution < -0.4 is 10.6 Å². The van der Waals surface area contributed by atoms with Crippen molar-refractivity contribution >= 4 is 29.2 Å². The molecule has 3 aromatic rings. The molecule has 3 aromatic carbocycles. The third kappa shape index (κ3) is 6.43. The summed E-state index contributed by atoms with van der Waals surface area (Å²) in [6.45, 7) is 1.44. The second kappa shape index (κ2) is 10.1. The molecule has 2 amide bonds. The number of phenols is 1. The first-order valence-corrected chi connectivity index (χ1v) is 9.61. The van der Waals surface area contributed by atoms with Gasteiger partial charge >= 0.3 is 5.97 Å². The number of hydrogen-bond acceptors (Lipinski definition) is 5. The predicted octanol–water partition coefficient (Wildman–Crippen LogP) is 3.68. The Hall–Kier alpha value is -4.13. The molecule has 0 atom stereocenters. The highest BCUT2D eigenvalue weighted by molar-refractivity contribution is 6.10. The number of nitrogens with one attached hydrogen (secondary N) is 2. The van der Waals surface area contributed by atoms with E-state index < -0.39 is 18.5 Å². The zero-order valence-corrected chi connectivity index (χ0v) is 16.9. The molecule has 158 valence electrons. The second-order valence-corrected chi connectivity index (χ2v) is 6.92. The molecule has 7 heteroatoms. The van der Waals surface area contributed by atoms with Gasteiger partial charge in [0.2, 0.25) is 0 Å². The van der Waals surface area contributed by atoms with Gasteiger partial charge in [-0.15, -0.1) is 0 Å². The molecule has 0 radical (unpaired) electrons. The highest BCUT2D eigenvalue weighted by atomic mass is 16.5. The third-order valence-electron chi connectivity index (χ3n) is 4.37. The van der Waals surface area contributed by atoms with Gasteiger partial charge in [0, 0.05) is 5.69 Å². The molecule has 31 heavy (non-hydrogen) atoms. The van der Waals surface area contributed by atoms with Crippen molar-refractivity contribution in [3.05, 3.63) is 89.5 Å². The molecule has 0 unspecified atom stereocenters. The normalized spacial score (nSPS) is 10.2. The monoisotopic (exact) mass is 418 g/mol. The maximum atomic E-state index is 12.7. The zero-order chi connectivity index (χ0) is 22.2. The van der Waals surface area contributed by atoms with E-state index in [4.69, 9.17) is 4.74 Å². The van der Waals surface area contributed by atoms with Crippen LogP contribution in [0.15, 0.2) is 72.8 Å². The highest BCUT2D eigenvalue weighted by Gasteiger charge is 2.15. The van der Waals surface area contributed by atoms with E-state index in [0.29, 0.717) is 16.9 Å². The summed E-state index contributed by atoms with van der Waals surface area (Å²) in [6, 6.07) is 20.1. The van der Waals surface area contributed by atoms with E-state index in [2.05, 4.69) is 10.6 Å². The van der Waals surface area contributed by atoms with Crippen molar-refractivity contribution in [2.24, 2.45) is 0 Å². The summed E-state index contributed by atoms with van der Waals surface area (Å²) in [5, 5.41) is 14.7. The van der Waals surface area contributed by atoms with E-state index >= 15 is 0 Å². The molecule has 0 fully saturated rings. The van der Waals surface area contributed by atoms with Crippen LogP contribution in [0, 0.1) is 6.92 Å². The van der Waals surface area contributed by atoms with Gasteiger partial charge in [-0.25, -0.2) is 0 Å². The average molecular weight is 418 g/mol. The number of amides is 2. The Morgan fingerprint density at radius 2 is 1.65 bits per heavy atom. The Bertz CT molecular complexity index is 1090. The molecule has 3 rings (SSSR count). The van der Waals surface area contributed by atoms with Crippen LogP contribution in [0.4, 0.5) is 11.4 Å². The molecule has 0 aromatic heterocycles. The topological polar surface area (TPSA) is 105 Å². The standard InChI is InChI=1S/C24H22N2O5/c1-16-5-4-6-18(13-16)25-24(30)20-7-2-3-8-21(20)26-22(28)15-31-23(29)14-17-9-11-19(27)12-10-17/h2-13,27H,14-15H2,1H3,(H,25,30)(H,26,28). The Kier molecular flexibility index (Phi) is 7.01. The lowest BCUT2D eigenvalue weighted by atomic mass is 10.1. The lowest BCUT2D eigenvalue weighted by molar-refractivity contribution is -0.146. The van der Waals surface area contributed by atoms with Crippen LogP contribution in [0.2, 0.25) is 0 Å². The Morgan fingerprint density at radius 3 is 2.39 bits per heavy atom. The molecule has 0 heterocycles. The summed E-state index contributed by atoms with van der Waals surface area (Å²) in [4.78, 5) is 36.8. The van der Waals surface area contributed by atoms with Gasteiger partial charge in [0.05, 0.1) is 17.7 Å². The van der Waals surface area contributed by atoms with Crippen LogP contribution in [0.25, 0.3) is 0 Å². The molecule has 7 nitrogen and oxygen atoms in total. The number of aryl methyl sites for hydroxylation is 1. The van der Waals surface area contributed by atoms with Crippen LogP contribution in [-0.4, -0.2) is 29.5 Å². The van der Waals surface area contributed by atoms with Crippen molar-refractivity contribution in [1.29, 1.82) is 0 Å². The number of rotatable bonds is 7. The van der Waals surface area contributed by atoms with E-state index in [0.717, 1.165) is 5.56 Å². The third-order valence-corrected chi connectivity index (χ3v) is 4.37. The number of ether oxygens (including phenoxy) is 1. The molecule has 0 aliphatic heterocycles. The van der Waals surface area contributed by atoms with Gasteiger partial charge in [0.1, 0.15) is 5.75 Å². The minimum absolute atomic E-state index is 0.0248. The van der Waals surface area contributed by atoms with Crippen molar-refractivity contribution in [2.75, 3.05) is 17.2 Å². The number of esters is 1. The molecule has 0 bridgehead atoms. The first-order valence-electron chi connectivity index (χ1n) is 9.61. The van der Waals surface area contributed by atoms with Crippen molar-refractivity contribution in [3.8, 4) is 5.75 Å². The fourth-order valence-corrected chi connectivity index (χ4v) is 2.88. The van der Waals surface area contributed by atoms with Crippen molar-refractivity contribution in [2.45, 2.75) is 13.3 Å². The summed E-state index contributed by atoms with van der Waals surface area (Å²) >= 11 is 0. The van der Waals surface area contributed by atoms with E-state index in [9.17, 15) is 19.5 Å². The maximum Gasteiger partial charge on any atom is 0.310 e. The molecular weight excluding hydrogens is 396 g/mol. The van der Waals surface area contributed by atoms with Crippen LogP contribution in [0.5, 0.6) is 5.75 Å². The highest BCUT2D eigenvalue weighted by Crippen LogP contribution is 2.18. The lowest BCUT2D eigenvalue weighted by Crippen LogP contribution is -2.23. The Morgan fingerprint density at radius 1 is 0.903 bits per heavy atom. The predicted molar refractivity (Wildman–Crippen MR) is 117 cm³/mol. The van der Waals surface area contributed by atoms with E-state index in [1.54, 1.807) is 42.5 Å². The smallest absolute Gasteiger partial charge is 0.310 e. The quantitative estimate of drug-likeness (QED) is 0.508. The van der Waals surface area contributed by atoms with Crippen LogP contribution in [-0.2, 0) is 20.7 Å². The molecular formula is C24H22N2O5. The Labute approximate surface area is 179 Å². The van der Waals surface area contributed by atoms with E-state index in [-0.39, 0.29) is 23.6 Å². The summed E-state index contributed by atoms with van der Waals surface area (Å²) < 4.78 is 5.01. The summed E-state index contributed by atoms with van der Waals surface area (Å²) in [5.41, 5.74) is 2.91. The Balaban J connectivity index is 1.57. The van der Waals surface area contributed by atoms with Gasteiger partial charge in [-0.1, -0.05) is 36.4 Å². The number of carbonyl (C=O) groups is 3. The van der Waals surface area contributed by atoms with Crippen molar-refractivity contribution in [1.82, 2.24) is 0 Å². The minimum atomic E-state index is -0.577. The van der Waals surface area contributed by atoms with Crippen LogP contribution in [0.3, 0.4) is 0 Å². The van der Waals surface area contributed by atoms with Crippen molar-refractivity contribution < 1.29 is 24.2 Å². The summed E-state index contributed by atoms with van der Waals surface area (Å²) in [7, 11) is 0. The number of benzene rings is 3. The van der Waals surface area contributed by atoms with Gasteiger partial charge in [-0.3, -0.25) is 14.4 Å². The van der Waals surface area contributed by atoms with Crippen molar-refractivity contribution in [3.63, 3.8) is 0 Å². The number of para-hydroxylation sites is 1. The second-order valence-electron chi connectivity index (χ2n) is 6.92. The summed E-state index contributed by atoms with van der Waals surface area (Å²) in [6.07, 6.45) is -0.0248. The molecule has 0 spiro atoms. The van der Waals surface area contributed by atoms with Gasteiger partial charge < -0.3 is 20.5 Å². The van der Waals surface area contributed by atoms with Gasteiger partial charge in [-0.05, 0) is 54.4 Å². The van der Waals surface area contributed by atoms with E-state index in [1.165, 1.54) is 12.1 Å². The zero-order valence-electron chi connectivity index (χ0n) is 16.9. The lowest BCUT2D eigenvalue weighted by Gasteiger charge is -2.12. The minimum Gasteiger partial charge on any atom is -0.508 e. The maximum absolute atomic E-state index is 12.7. The SMILES string of the molecule is Cc1cccc(NC(=O)c2ccccc2NC(=O)COC(=O)Cc2ccc(O)cc2)c1. The number of aromatic hydroxyl groups is 1. The van der Waals surface area contributed by atoms with Gasteiger partial charge in [0.25, 0.3) is 11.8 Å². The number of hydrogen-bond donors (Lipinski definition) is 3. The molecule has 0 saturated heterocycles. The van der Waals surface area contributed by atoms with Gasteiger partial charge in [-0.2, -0.15) is 0 Å². The van der Waals surface area contributed by atoms with Gasteiger partial charge in [0.15, 0.2) is 6.61 Å². The molecule has 0 saturated carbocycles. The molecule has 3 N–H and O–H groups in total. The molecule has 0 aliphatic rings. The summed E-state index contributed by atoms with van der Waals surface area (Å²) in [5.74, 6) is -1.41. The number of carbonyl (C=O) groups excluding carboxylic acids is 3. The van der Waals surface area contributed by atoms with Crippen LogP contribution >= 0.6 is 0 Å². The fourth-order valence-electron chi connectivity index (χ4n) is 2.88. The van der Waals surface area contributed by atoms with Crippen LogP contribution in [0.1, 0.15) is 21.5 Å². The fraction of sp³-hybridized carbons (Fsp3) is 0.125. The largest absolute Gasteiger partial charge is 0.508 e.